The smallest absolute Gasteiger partial charge is 0.348 e. The average molecular weight is 574 g/mol. The van der Waals surface area contributed by atoms with E-state index in [0.29, 0.717) is 18.7 Å². The minimum absolute atomic E-state index is 0.148. The van der Waals surface area contributed by atoms with Crippen molar-refractivity contribution in [2.24, 2.45) is 0 Å². The van der Waals surface area contributed by atoms with Crippen LogP contribution in [0.1, 0.15) is 38.3 Å². The van der Waals surface area contributed by atoms with Crippen molar-refractivity contribution in [1.82, 2.24) is 25.0 Å². The number of hydrogen-bond acceptors (Lipinski definition) is 7. The predicted octanol–water partition coefficient (Wildman–Crippen LogP) is 4.90. The Kier molecular flexibility index (Phi) is 9.93. The first-order valence-corrected chi connectivity index (χ1v) is 14.4. The minimum Gasteiger partial charge on any atom is -0.478 e. The Morgan fingerprint density at radius 3 is 2.54 bits per heavy atom. The zero-order valence-corrected chi connectivity index (χ0v) is 24.7. The maximum absolute atomic E-state index is 13.3. The number of aliphatic carboxylic acids is 1. The molecule has 214 valence electrons. The van der Waals surface area contributed by atoms with Crippen LogP contribution in [0, 0.1) is 13.8 Å². The average Bonchev–Trinajstić information content (AvgIpc) is 3.23. The number of likely N-dealkylation sites (N-methyl/N-ethyl adjacent to an activating group) is 1. The van der Waals surface area contributed by atoms with Crippen LogP contribution < -0.4 is 5.32 Å². The van der Waals surface area contributed by atoms with Crippen molar-refractivity contribution in [3.8, 4) is 0 Å². The number of carboxylic acid groups (broad SMARTS) is 1. The number of carboxylic acids is 1. The van der Waals surface area contributed by atoms with Gasteiger partial charge < -0.3 is 19.7 Å². The van der Waals surface area contributed by atoms with Gasteiger partial charge in [-0.1, -0.05) is 54.1 Å². The molecule has 4 aromatic rings. The first-order chi connectivity index (χ1) is 19.7. The molecule has 0 bridgehead atoms. The molecule has 2 N–H and O–H groups in total. The lowest BCUT2D eigenvalue weighted by atomic mass is 10.1. The van der Waals surface area contributed by atoms with E-state index in [4.69, 9.17) is 4.74 Å². The number of aromatic nitrogens is 3. The molecule has 1 atom stereocenters. The Balaban J connectivity index is 1.49. The number of aryl methyl sites for hydroxylation is 1. The van der Waals surface area contributed by atoms with Crippen molar-refractivity contribution < 1.29 is 19.4 Å². The van der Waals surface area contributed by atoms with E-state index in [2.05, 4.69) is 26.1 Å². The lowest BCUT2D eigenvalue weighted by Gasteiger charge is -2.21. The van der Waals surface area contributed by atoms with Gasteiger partial charge in [0.25, 0.3) is 5.91 Å². The quantitative estimate of drug-likeness (QED) is 0.182. The molecule has 0 aliphatic heterocycles. The van der Waals surface area contributed by atoms with E-state index in [1.807, 2.05) is 68.7 Å². The molecule has 10 heteroatoms. The topological polar surface area (TPSA) is 110 Å². The Morgan fingerprint density at radius 1 is 1.12 bits per heavy atom. The minimum atomic E-state index is -1.02. The van der Waals surface area contributed by atoms with E-state index in [-0.39, 0.29) is 12.5 Å². The number of carbonyl (C=O) groups is 2. The Morgan fingerprint density at radius 2 is 1.85 bits per heavy atom. The summed E-state index contributed by atoms with van der Waals surface area (Å²) in [5.41, 5.74) is 6.42. The summed E-state index contributed by atoms with van der Waals surface area (Å²) in [6.07, 6.45) is 8.37. The number of amides is 1. The van der Waals surface area contributed by atoms with Crippen molar-refractivity contribution in [3.63, 3.8) is 0 Å². The van der Waals surface area contributed by atoms with Gasteiger partial charge >= 0.3 is 5.97 Å². The van der Waals surface area contributed by atoms with Crippen LogP contribution in [0.4, 0.5) is 0 Å². The van der Waals surface area contributed by atoms with Crippen LogP contribution >= 0.6 is 11.8 Å². The highest BCUT2D eigenvalue weighted by Gasteiger charge is 2.21. The van der Waals surface area contributed by atoms with Crippen molar-refractivity contribution in [1.29, 1.82) is 0 Å². The number of hydrogen-bond donors (Lipinski definition) is 2. The molecular formula is C31H35N5O4S. The summed E-state index contributed by atoms with van der Waals surface area (Å²) >= 11 is 1.58. The molecule has 2 aromatic carbocycles. The zero-order valence-electron chi connectivity index (χ0n) is 23.9. The van der Waals surface area contributed by atoms with Gasteiger partial charge in [-0.05, 0) is 57.0 Å². The maximum atomic E-state index is 13.3. The number of fused-ring (bicyclic) bond motifs is 1. The molecule has 0 aliphatic carbocycles. The van der Waals surface area contributed by atoms with Crippen molar-refractivity contribution >= 4 is 40.6 Å². The van der Waals surface area contributed by atoms with Gasteiger partial charge in [-0.25, -0.2) is 4.79 Å². The summed E-state index contributed by atoms with van der Waals surface area (Å²) in [4.78, 5) is 27.2. The van der Waals surface area contributed by atoms with E-state index in [9.17, 15) is 14.7 Å². The Labute approximate surface area is 244 Å². The lowest BCUT2D eigenvalue weighted by molar-refractivity contribution is -0.163. The molecule has 2 heterocycles. The van der Waals surface area contributed by atoms with Crippen molar-refractivity contribution in [2.75, 3.05) is 20.4 Å². The largest absolute Gasteiger partial charge is 0.478 e. The monoisotopic (exact) mass is 573 g/mol. The van der Waals surface area contributed by atoms with Crippen LogP contribution in [0.2, 0.25) is 0 Å². The van der Waals surface area contributed by atoms with E-state index in [1.165, 1.54) is 10.5 Å². The van der Waals surface area contributed by atoms with Crippen LogP contribution in [0.15, 0.2) is 65.8 Å². The third-order valence-corrected chi connectivity index (χ3v) is 7.64. The first-order valence-electron chi connectivity index (χ1n) is 13.2. The van der Waals surface area contributed by atoms with E-state index in [1.54, 1.807) is 38.3 Å². The molecule has 0 fully saturated rings. The standard InChI is InChI=1S/C31H35N5O4S/c1-20-8-10-23(11-9-20)16-32-29(37)28-21(2)36(26-18-34-33-17-25(26)28)14-6-7-22-12-13-24(27(15-22)41-5)19-40-30(31(38)39)35(3)4/h6-13,15,17-18,30H,14,16,19H2,1-5H3,(H,32,37)(H,38,39)/t30-/m1/s1. The highest BCUT2D eigenvalue weighted by molar-refractivity contribution is 7.98. The second-order valence-corrected chi connectivity index (χ2v) is 10.8. The molecule has 0 radical (unpaired) electrons. The fourth-order valence-corrected chi connectivity index (χ4v) is 5.26. The van der Waals surface area contributed by atoms with Gasteiger partial charge in [0, 0.05) is 29.1 Å². The van der Waals surface area contributed by atoms with E-state index >= 15 is 0 Å². The second-order valence-electron chi connectivity index (χ2n) is 9.97. The highest BCUT2D eigenvalue weighted by atomic mass is 32.2. The first kappa shape index (κ1) is 30.0. The molecule has 9 nitrogen and oxygen atoms in total. The number of nitrogens with one attached hydrogen (secondary N) is 1. The number of ether oxygens (including phenoxy) is 1. The molecule has 1 amide bonds. The van der Waals surface area contributed by atoms with Gasteiger partial charge in [-0.3, -0.25) is 9.69 Å². The number of carbonyl (C=O) groups excluding carboxylic acids is 1. The van der Waals surface area contributed by atoms with Gasteiger partial charge in [-0.15, -0.1) is 11.8 Å². The second kappa shape index (κ2) is 13.6. The number of rotatable bonds is 12. The van der Waals surface area contributed by atoms with Gasteiger partial charge in [0.2, 0.25) is 6.23 Å². The van der Waals surface area contributed by atoms with Crippen molar-refractivity contribution in [3.05, 3.63) is 94.4 Å². The fourth-order valence-electron chi connectivity index (χ4n) is 4.62. The summed E-state index contributed by atoms with van der Waals surface area (Å²) in [5.74, 6) is -1.17. The fraction of sp³-hybridized carbons (Fsp3) is 0.290. The van der Waals surface area contributed by atoms with Crippen LogP contribution in [-0.4, -0.2) is 63.2 Å². The molecule has 0 saturated heterocycles. The normalized spacial score (nSPS) is 12.3. The molecule has 2 aromatic heterocycles. The van der Waals surface area contributed by atoms with Gasteiger partial charge in [0.15, 0.2) is 0 Å². The molecular weight excluding hydrogens is 538 g/mol. The Bertz CT molecular complexity index is 1560. The number of nitrogens with zero attached hydrogens (tertiary/aromatic N) is 4. The van der Waals surface area contributed by atoms with Gasteiger partial charge in [0.1, 0.15) is 0 Å². The van der Waals surface area contributed by atoms with Gasteiger partial charge in [-0.2, -0.15) is 10.2 Å². The third kappa shape index (κ3) is 7.21. The molecule has 0 saturated carbocycles. The van der Waals surface area contributed by atoms with Crippen LogP contribution in [-0.2, 0) is 29.2 Å². The summed E-state index contributed by atoms with van der Waals surface area (Å²) in [6.45, 7) is 5.15. The maximum Gasteiger partial charge on any atom is 0.348 e. The SMILES string of the molecule is CSc1cc(C=CCn2c(C)c(C(=O)NCc3ccc(C)cc3)c3cnncc32)ccc1CO[C@H](C(=O)O)N(C)C. The zero-order chi connectivity index (χ0) is 29.5. The van der Waals surface area contributed by atoms with Gasteiger partial charge in [0.05, 0.1) is 30.1 Å². The molecule has 41 heavy (non-hydrogen) atoms. The van der Waals surface area contributed by atoms with E-state index in [0.717, 1.165) is 38.2 Å². The number of thioether (sulfide) groups is 1. The van der Waals surface area contributed by atoms with Crippen LogP contribution in [0.5, 0.6) is 0 Å². The van der Waals surface area contributed by atoms with E-state index < -0.39 is 12.2 Å². The van der Waals surface area contributed by atoms with Crippen LogP contribution in [0.25, 0.3) is 17.0 Å². The molecule has 0 unspecified atom stereocenters. The van der Waals surface area contributed by atoms with Crippen LogP contribution in [0.3, 0.4) is 0 Å². The summed E-state index contributed by atoms with van der Waals surface area (Å²) in [7, 11) is 3.34. The third-order valence-electron chi connectivity index (χ3n) is 6.82. The highest BCUT2D eigenvalue weighted by Crippen LogP contribution is 2.26. The Hall–Kier alpha value is -3.99. The van der Waals surface area contributed by atoms with Crippen molar-refractivity contribution in [2.45, 2.75) is 44.7 Å². The predicted molar refractivity (Wildman–Crippen MR) is 162 cm³/mol. The molecule has 4 rings (SSSR count). The summed E-state index contributed by atoms with van der Waals surface area (Å²) in [5, 5.41) is 21.3. The number of allylic oxidation sites excluding steroid dienone is 1. The summed E-state index contributed by atoms with van der Waals surface area (Å²) < 4.78 is 7.70. The summed E-state index contributed by atoms with van der Waals surface area (Å²) in [6, 6.07) is 14.1. The number of benzene rings is 2. The molecule has 0 spiro atoms. The molecule has 0 aliphatic rings. The lowest BCUT2D eigenvalue weighted by Crippen LogP contribution is -2.37.